The lowest BCUT2D eigenvalue weighted by molar-refractivity contribution is -0.122. The van der Waals surface area contributed by atoms with Gasteiger partial charge in [0.1, 0.15) is 11.5 Å². The van der Waals surface area contributed by atoms with Crippen LogP contribution in [-0.4, -0.2) is 32.0 Å². The topological polar surface area (TPSA) is 64.6 Å². The van der Waals surface area contributed by atoms with Crippen LogP contribution in [0, 0.1) is 0 Å². The van der Waals surface area contributed by atoms with Crippen LogP contribution in [0.4, 0.5) is 0 Å². The summed E-state index contributed by atoms with van der Waals surface area (Å²) in [6.45, 7) is 6.15. The van der Waals surface area contributed by atoms with Crippen molar-refractivity contribution in [3.63, 3.8) is 0 Å². The summed E-state index contributed by atoms with van der Waals surface area (Å²) in [6, 6.07) is 14.6. The van der Waals surface area contributed by atoms with Crippen molar-refractivity contribution in [1.82, 2.24) is 5.32 Å². The second-order valence-corrected chi connectivity index (χ2v) is 6.96. The van der Waals surface area contributed by atoms with Crippen molar-refractivity contribution >= 4 is 11.7 Å². The molecule has 2 aromatic carbocycles. The standard InChI is InChI=1S/C21H25NO4/c1-21(2,3)15-9-11-16(12-10-15)26-14-20(24)22-13-18(23)17-7-5-6-8-19(17)25-4/h5-12H,13-14H2,1-4H3,(H,22,24). The summed E-state index contributed by atoms with van der Waals surface area (Å²) in [5.41, 5.74) is 1.69. The number of carbonyl (C=O) groups excluding carboxylic acids is 2. The van der Waals surface area contributed by atoms with E-state index in [0.717, 1.165) is 0 Å². The van der Waals surface area contributed by atoms with Gasteiger partial charge < -0.3 is 14.8 Å². The van der Waals surface area contributed by atoms with E-state index in [0.29, 0.717) is 17.1 Å². The van der Waals surface area contributed by atoms with Gasteiger partial charge in [-0.1, -0.05) is 45.0 Å². The van der Waals surface area contributed by atoms with Gasteiger partial charge in [0.15, 0.2) is 12.4 Å². The van der Waals surface area contributed by atoms with Crippen molar-refractivity contribution < 1.29 is 19.1 Å². The first kappa shape index (κ1) is 19.5. The van der Waals surface area contributed by atoms with Gasteiger partial charge in [0.05, 0.1) is 19.2 Å². The molecule has 1 N–H and O–H groups in total. The van der Waals surface area contributed by atoms with E-state index in [4.69, 9.17) is 9.47 Å². The average Bonchev–Trinajstić information content (AvgIpc) is 2.64. The minimum atomic E-state index is -0.354. The zero-order chi connectivity index (χ0) is 19.2. The first-order chi connectivity index (χ1) is 12.3. The molecule has 0 aliphatic carbocycles. The molecule has 26 heavy (non-hydrogen) atoms. The van der Waals surface area contributed by atoms with E-state index in [1.54, 1.807) is 24.3 Å². The first-order valence-corrected chi connectivity index (χ1v) is 8.47. The molecule has 138 valence electrons. The second kappa shape index (κ2) is 8.52. The van der Waals surface area contributed by atoms with Gasteiger partial charge in [0.25, 0.3) is 5.91 Å². The molecule has 0 aliphatic heterocycles. The third-order valence-electron chi connectivity index (χ3n) is 3.94. The number of nitrogens with one attached hydrogen (secondary N) is 1. The number of hydrogen-bond donors (Lipinski definition) is 1. The quantitative estimate of drug-likeness (QED) is 0.774. The molecule has 0 bridgehead atoms. The molecule has 0 fully saturated rings. The molecule has 2 aromatic rings. The Morgan fingerprint density at radius 1 is 1.00 bits per heavy atom. The summed E-state index contributed by atoms with van der Waals surface area (Å²) in [7, 11) is 1.50. The molecule has 2 rings (SSSR count). The minimum Gasteiger partial charge on any atom is -0.496 e. The van der Waals surface area contributed by atoms with Gasteiger partial charge >= 0.3 is 0 Å². The number of rotatable bonds is 7. The Kier molecular flexibility index (Phi) is 6.39. The van der Waals surface area contributed by atoms with Gasteiger partial charge in [-0.05, 0) is 35.2 Å². The van der Waals surface area contributed by atoms with Crippen LogP contribution in [0.15, 0.2) is 48.5 Å². The van der Waals surface area contributed by atoms with Crippen molar-refractivity contribution in [2.45, 2.75) is 26.2 Å². The lowest BCUT2D eigenvalue weighted by Gasteiger charge is -2.19. The maximum absolute atomic E-state index is 12.2. The van der Waals surface area contributed by atoms with Crippen LogP contribution in [0.3, 0.4) is 0 Å². The number of methoxy groups -OCH3 is 1. The highest BCUT2D eigenvalue weighted by molar-refractivity contribution is 6.01. The summed E-state index contributed by atoms with van der Waals surface area (Å²) >= 11 is 0. The monoisotopic (exact) mass is 355 g/mol. The molecule has 0 saturated heterocycles. The molecular weight excluding hydrogens is 330 g/mol. The number of amides is 1. The summed E-state index contributed by atoms with van der Waals surface area (Å²) in [4.78, 5) is 24.1. The fourth-order valence-corrected chi connectivity index (χ4v) is 2.40. The number of para-hydroxylation sites is 1. The van der Waals surface area contributed by atoms with Crippen LogP contribution in [0.25, 0.3) is 0 Å². The average molecular weight is 355 g/mol. The second-order valence-electron chi connectivity index (χ2n) is 6.96. The summed E-state index contributed by atoms with van der Waals surface area (Å²) in [5.74, 6) is 0.532. The molecule has 0 saturated carbocycles. The van der Waals surface area contributed by atoms with E-state index in [9.17, 15) is 9.59 Å². The van der Waals surface area contributed by atoms with Gasteiger partial charge in [-0.3, -0.25) is 9.59 Å². The Bertz CT molecular complexity index is 760. The Labute approximate surface area is 154 Å². The van der Waals surface area contributed by atoms with Crippen LogP contribution in [0.5, 0.6) is 11.5 Å². The Morgan fingerprint density at radius 3 is 2.27 bits per heavy atom. The van der Waals surface area contributed by atoms with E-state index in [-0.39, 0.29) is 30.3 Å². The van der Waals surface area contributed by atoms with Gasteiger partial charge in [-0.15, -0.1) is 0 Å². The summed E-state index contributed by atoms with van der Waals surface area (Å²) in [5, 5.41) is 2.57. The van der Waals surface area contributed by atoms with Crippen molar-refractivity contribution in [2.75, 3.05) is 20.3 Å². The predicted octanol–water partition coefficient (Wildman–Crippen LogP) is 3.37. The van der Waals surface area contributed by atoms with Crippen LogP contribution in [0.1, 0.15) is 36.7 Å². The highest BCUT2D eigenvalue weighted by atomic mass is 16.5. The van der Waals surface area contributed by atoms with Crippen LogP contribution < -0.4 is 14.8 Å². The molecule has 0 unspecified atom stereocenters. The van der Waals surface area contributed by atoms with Crippen LogP contribution in [-0.2, 0) is 10.2 Å². The minimum absolute atomic E-state index is 0.0642. The van der Waals surface area contributed by atoms with Crippen molar-refractivity contribution in [2.24, 2.45) is 0 Å². The molecular formula is C21H25NO4. The maximum Gasteiger partial charge on any atom is 0.258 e. The lowest BCUT2D eigenvalue weighted by Crippen LogP contribution is -2.33. The lowest BCUT2D eigenvalue weighted by atomic mass is 9.87. The summed E-state index contributed by atoms with van der Waals surface area (Å²) < 4.78 is 10.6. The zero-order valence-electron chi connectivity index (χ0n) is 15.7. The van der Waals surface area contributed by atoms with Crippen LogP contribution in [0.2, 0.25) is 0 Å². The molecule has 5 heteroatoms. The van der Waals surface area contributed by atoms with E-state index in [1.807, 2.05) is 24.3 Å². The molecule has 0 atom stereocenters. The Hall–Kier alpha value is -2.82. The number of carbonyl (C=O) groups is 2. The van der Waals surface area contributed by atoms with Crippen molar-refractivity contribution in [3.05, 3.63) is 59.7 Å². The number of benzene rings is 2. The van der Waals surface area contributed by atoms with Crippen molar-refractivity contribution in [1.29, 1.82) is 0 Å². The van der Waals surface area contributed by atoms with Gasteiger partial charge in [-0.2, -0.15) is 0 Å². The number of ketones is 1. The van der Waals surface area contributed by atoms with Gasteiger partial charge in [0, 0.05) is 0 Å². The van der Waals surface area contributed by atoms with E-state index >= 15 is 0 Å². The molecule has 0 aliphatic rings. The molecule has 5 nitrogen and oxygen atoms in total. The van der Waals surface area contributed by atoms with E-state index in [2.05, 4.69) is 26.1 Å². The predicted molar refractivity (Wildman–Crippen MR) is 101 cm³/mol. The molecule has 0 radical (unpaired) electrons. The normalized spacial score (nSPS) is 10.9. The number of ether oxygens (including phenoxy) is 2. The van der Waals surface area contributed by atoms with Gasteiger partial charge in [0.2, 0.25) is 0 Å². The van der Waals surface area contributed by atoms with Crippen LogP contribution >= 0.6 is 0 Å². The molecule has 0 aromatic heterocycles. The fourth-order valence-electron chi connectivity index (χ4n) is 2.40. The third-order valence-corrected chi connectivity index (χ3v) is 3.94. The maximum atomic E-state index is 12.2. The summed E-state index contributed by atoms with van der Waals surface area (Å²) in [6.07, 6.45) is 0. The highest BCUT2D eigenvalue weighted by Gasteiger charge is 2.14. The number of hydrogen-bond acceptors (Lipinski definition) is 4. The smallest absolute Gasteiger partial charge is 0.258 e. The van der Waals surface area contributed by atoms with Gasteiger partial charge in [-0.25, -0.2) is 0 Å². The Morgan fingerprint density at radius 2 is 1.65 bits per heavy atom. The molecule has 1 amide bonds. The van der Waals surface area contributed by atoms with Crippen molar-refractivity contribution in [3.8, 4) is 11.5 Å². The third kappa shape index (κ3) is 5.34. The number of Topliss-reactive ketones (excluding diaryl/α,β-unsaturated/α-hetero) is 1. The Balaban J connectivity index is 1.83. The highest BCUT2D eigenvalue weighted by Crippen LogP contribution is 2.24. The largest absolute Gasteiger partial charge is 0.496 e. The fraction of sp³-hybridized carbons (Fsp3) is 0.333. The van der Waals surface area contributed by atoms with E-state index < -0.39 is 0 Å². The molecule has 0 spiro atoms. The first-order valence-electron chi connectivity index (χ1n) is 8.47. The molecule has 0 heterocycles. The van der Waals surface area contributed by atoms with E-state index in [1.165, 1.54) is 12.7 Å². The SMILES string of the molecule is COc1ccccc1C(=O)CNC(=O)COc1ccc(C(C)(C)C)cc1. The zero-order valence-corrected chi connectivity index (χ0v) is 15.7.